The number of hydrogen-bond acceptors (Lipinski definition) is 6. The molecule has 0 aromatic carbocycles. The van der Waals surface area contributed by atoms with Crippen LogP contribution in [0.4, 0.5) is 11.6 Å². The van der Waals surface area contributed by atoms with Crippen LogP contribution in [0.3, 0.4) is 0 Å². The minimum Gasteiger partial charge on any atom is -0.365 e. The summed E-state index contributed by atoms with van der Waals surface area (Å²) in [5, 5.41) is 3.52. The molecule has 0 saturated carbocycles. The Bertz CT molecular complexity index is 440. The number of halogens is 1. The average Bonchev–Trinajstić information content (AvgIpc) is 2.96. The van der Waals surface area contributed by atoms with Crippen molar-refractivity contribution >= 4 is 27.6 Å². The van der Waals surface area contributed by atoms with Gasteiger partial charge in [-0.1, -0.05) is 0 Å². The van der Waals surface area contributed by atoms with Gasteiger partial charge in [0.2, 0.25) is 0 Å². The summed E-state index contributed by atoms with van der Waals surface area (Å²) in [7, 11) is 0. The van der Waals surface area contributed by atoms with Crippen LogP contribution < -0.4 is 16.6 Å². The molecule has 98 valence electrons. The highest BCUT2D eigenvalue weighted by molar-refractivity contribution is 9.10. The summed E-state index contributed by atoms with van der Waals surface area (Å²) in [5.41, 5.74) is 2.56. The molecule has 0 aliphatic carbocycles. The first kappa shape index (κ1) is 12.1. The summed E-state index contributed by atoms with van der Waals surface area (Å²) in [6.07, 6.45) is 5.28. The van der Waals surface area contributed by atoms with Crippen LogP contribution in [-0.2, 0) is 0 Å². The van der Waals surface area contributed by atoms with Crippen molar-refractivity contribution in [2.75, 3.05) is 23.8 Å². The molecule has 3 heterocycles. The van der Waals surface area contributed by atoms with Gasteiger partial charge >= 0.3 is 0 Å². The number of anilines is 2. The van der Waals surface area contributed by atoms with Gasteiger partial charge in [0.15, 0.2) is 5.82 Å². The maximum atomic E-state index is 5.41. The minimum absolute atomic E-state index is 0.476. The van der Waals surface area contributed by atoms with Gasteiger partial charge in [-0.15, -0.1) is 0 Å². The summed E-state index contributed by atoms with van der Waals surface area (Å²) in [6.45, 7) is 2.43. The fourth-order valence-corrected chi connectivity index (χ4v) is 3.43. The fraction of sp³-hybridized carbons (Fsp3) is 0.636. The van der Waals surface area contributed by atoms with Crippen LogP contribution in [0.1, 0.15) is 19.3 Å². The lowest BCUT2D eigenvalue weighted by Crippen LogP contribution is -2.34. The third-order valence-corrected chi connectivity index (χ3v) is 4.61. The van der Waals surface area contributed by atoms with Crippen LogP contribution in [-0.4, -0.2) is 40.0 Å². The number of nitrogen functional groups attached to an aromatic ring is 1. The van der Waals surface area contributed by atoms with E-state index in [1.165, 1.54) is 38.7 Å². The zero-order chi connectivity index (χ0) is 12.5. The molecular weight excluding hydrogens is 296 g/mol. The van der Waals surface area contributed by atoms with Gasteiger partial charge in [-0.3, -0.25) is 4.90 Å². The van der Waals surface area contributed by atoms with E-state index in [4.69, 9.17) is 5.84 Å². The van der Waals surface area contributed by atoms with Crippen molar-refractivity contribution in [3.63, 3.8) is 0 Å². The second kappa shape index (κ2) is 4.99. The van der Waals surface area contributed by atoms with Crippen molar-refractivity contribution in [1.29, 1.82) is 0 Å². The number of nitrogens with zero attached hydrogens (tertiary/aromatic N) is 3. The predicted molar refractivity (Wildman–Crippen MR) is 74.2 cm³/mol. The van der Waals surface area contributed by atoms with Gasteiger partial charge in [0.05, 0.1) is 0 Å². The van der Waals surface area contributed by atoms with Crippen molar-refractivity contribution in [1.82, 2.24) is 14.9 Å². The van der Waals surface area contributed by atoms with Gasteiger partial charge in [0, 0.05) is 18.6 Å². The molecule has 2 fully saturated rings. The molecule has 0 bridgehead atoms. The average molecular weight is 313 g/mol. The lowest BCUT2D eigenvalue weighted by atomic mass is 10.1. The van der Waals surface area contributed by atoms with Gasteiger partial charge in [0.1, 0.15) is 16.6 Å². The second-order valence-corrected chi connectivity index (χ2v) is 5.61. The summed E-state index contributed by atoms with van der Waals surface area (Å²) >= 11 is 3.48. The monoisotopic (exact) mass is 312 g/mol. The van der Waals surface area contributed by atoms with E-state index in [0.717, 1.165) is 10.3 Å². The second-order valence-electron chi connectivity index (χ2n) is 4.81. The molecule has 7 heteroatoms. The topological polar surface area (TPSA) is 79.1 Å². The number of fused-ring (bicyclic) bond motifs is 1. The molecule has 4 N–H and O–H groups in total. The minimum atomic E-state index is 0.476. The normalized spacial score (nSPS) is 27.2. The largest absolute Gasteiger partial charge is 0.365 e. The molecule has 2 aliphatic rings. The lowest BCUT2D eigenvalue weighted by Gasteiger charge is -2.22. The molecule has 2 unspecified atom stereocenters. The summed E-state index contributed by atoms with van der Waals surface area (Å²) in [4.78, 5) is 10.9. The molecule has 3 rings (SSSR count). The lowest BCUT2D eigenvalue weighted by molar-refractivity contribution is 0.318. The van der Waals surface area contributed by atoms with E-state index in [0.29, 0.717) is 17.9 Å². The Morgan fingerprint density at radius 2 is 2.11 bits per heavy atom. The van der Waals surface area contributed by atoms with Crippen molar-refractivity contribution in [2.24, 2.45) is 5.84 Å². The third-order valence-electron chi connectivity index (χ3n) is 3.85. The maximum Gasteiger partial charge on any atom is 0.159 e. The Kier molecular flexibility index (Phi) is 3.36. The van der Waals surface area contributed by atoms with Crippen LogP contribution in [0.2, 0.25) is 0 Å². The van der Waals surface area contributed by atoms with Crippen molar-refractivity contribution in [2.45, 2.75) is 31.3 Å². The van der Waals surface area contributed by atoms with Gasteiger partial charge < -0.3 is 10.7 Å². The Hall–Kier alpha value is -0.920. The maximum absolute atomic E-state index is 5.41. The number of rotatable bonds is 3. The first-order valence-corrected chi connectivity index (χ1v) is 7.06. The number of hydrogen-bond donors (Lipinski definition) is 3. The molecule has 1 aromatic heterocycles. The highest BCUT2D eigenvalue weighted by atomic mass is 79.9. The molecule has 18 heavy (non-hydrogen) atoms. The van der Waals surface area contributed by atoms with Crippen molar-refractivity contribution < 1.29 is 0 Å². The smallest absolute Gasteiger partial charge is 0.159 e. The fourth-order valence-electron chi connectivity index (χ4n) is 3.00. The van der Waals surface area contributed by atoms with E-state index < -0.39 is 0 Å². The standard InChI is InChI=1S/C11H17BrN6/c12-9-10(14-6-15-11(9)17-13)16-7-3-5-18-4-1-2-8(7)18/h6-8H,1-5,13H2,(H2,14,15,16,17). The quantitative estimate of drug-likeness (QED) is 0.574. The molecule has 6 nitrogen and oxygen atoms in total. The third kappa shape index (κ3) is 2.06. The number of aromatic nitrogens is 2. The highest BCUT2D eigenvalue weighted by Crippen LogP contribution is 2.32. The summed E-state index contributed by atoms with van der Waals surface area (Å²) < 4.78 is 0.795. The molecule has 2 aliphatic heterocycles. The van der Waals surface area contributed by atoms with E-state index in [-0.39, 0.29) is 0 Å². The van der Waals surface area contributed by atoms with Crippen molar-refractivity contribution in [3.05, 3.63) is 10.8 Å². The first-order chi connectivity index (χ1) is 8.79. The Morgan fingerprint density at radius 1 is 1.28 bits per heavy atom. The van der Waals surface area contributed by atoms with Gasteiger partial charge in [0.25, 0.3) is 0 Å². The van der Waals surface area contributed by atoms with E-state index in [2.05, 4.69) is 41.5 Å². The van der Waals surface area contributed by atoms with Gasteiger partial charge in [-0.25, -0.2) is 15.8 Å². The summed E-state index contributed by atoms with van der Waals surface area (Å²) in [5.74, 6) is 6.83. The number of hydrazine groups is 1. The van der Waals surface area contributed by atoms with Crippen LogP contribution >= 0.6 is 15.9 Å². The van der Waals surface area contributed by atoms with E-state index in [1.54, 1.807) is 0 Å². The predicted octanol–water partition coefficient (Wildman–Crippen LogP) is 1.17. The van der Waals surface area contributed by atoms with E-state index in [1.807, 2.05) is 0 Å². The van der Waals surface area contributed by atoms with E-state index >= 15 is 0 Å². The van der Waals surface area contributed by atoms with Crippen molar-refractivity contribution in [3.8, 4) is 0 Å². The Labute approximate surface area is 114 Å². The Balaban J connectivity index is 1.76. The van der Waals surface area contributed by atoms with E-state index in [9.17, 15) is 0 Å². The zero-order valence-electron chi connectivity index (χ0n) is 10.1. The van der Waals surface area contributed by atoms with Gasteiger partial charge in [-0.05, 0) is 41.7 Å². The SMILES string of the molecule is NNc1ncnc(NC2CCN3CCCC23)c1Br. The Morgan fingerprint density at radius 3 is 2.94 bits per heavy atom. The zero-order valence-corrected chi connectivity index (χ0v) is 11.7. The molecular formula is C11H17BrN6. The number of nitrogens with one attached hydrogen (secondary N) is 2. The number of nitrogens with two attached hydrogens (primary N) is 1. The highest BCUT2D eigenvalue weighted by Gasteiger charge is 2.37. The van der Waals surface area contributed by atoms with Crippen LogP contribution in [0.15, 0.2) is 10.8 Å². The molecule has 0 spiro atoms. The first-order valence-electron chi connectivity index (χ1n) is 6.27. The molecule has 1 aromatic rings. The molecule has 2 atom stereocenters. The molecule has 0 amide bonds. The summed E-state index contributed by atoms with van der Waals surface area (Å²) in [6, 6.07) is 1.13. The van der Waals surface area contributed by atoms with Gasteiger partial charge in [-0.2, -0.15) is 0 Å². The van der Waals surface area contributed by atoms with Crippen LogP contribution in [0.5, 0.6) is 0 Å². The molecule has 0 radical (unpaired) electrons. The van der Waals surface area contributed by atoms with Crippen LogP contribution in [0, 0.1) is 0 Å². The molecule has 2 saturated heterocycles. The van der Waals surface area contributed by atoms with Crippen LogP contribution in [0.25, 0.3) is 0 Å².